The summed E-state index contributed by atoms with van der Waals surface area (Å²) in [5, 5.41) is 13.0. The number of hydrogen-bond donors (Lipinski definition) is 2. The third kappa shape index (κ3) is 3.37. The van der Waals surface area contributed by atoms with Gasteiger partial charge in [-0.1, -0.05) is 17.7 Å². The van der Waals surface area contributed by atoms with E-state index in [4.69, 9.17) is 23.2 Å². The van der Waals surface area contributed by atoms with Gasteiger partial charge >= 0.3 is 0 Å². The molecule has 0 bridgehead atoms. The standard InChI is InChI=1S/C10H13Cl2NO/c1-7-2-3-8(12)4-10(7)13-6-9(14)5-11/h2-4,9,13-14H,5-6H2,1H3. The molecule has 0 radical (unpaired) electrons. The van der Waals surface area contributed by atoms with E-state index in [1.54, 1.807) is 0 Å². The van der Waals surface area contributed by atoms with E-state index in [1.165, 1.54) is 0 Å². The molecule has 2 N–H and O–H groups in total. The van der Waals surface area contributed by atoms with Gasteiger partial charge in [0.25, 0.3) is 0 Å². The largest absolute Gasteiger partial charge is 0.390 e. The van der Waals surface area contributed by atoms with Crippen molar-refractivity contribution in [3.63, 3.8) is 0 Å². The maximum Gasteiger partial charge on any atom is 0.0847 e. The predicted octanol–water partition coefficient (Wildman–Crippen LogP) is 2.66. The first kappa shape index (κ1) is 11.6. The first-order valence-corrected chi connectivity index (χ1v) is 5.29. The SMILES string of the molecule is Cc1ccc(Cl)cc1NCC(O)CCl. The molecule has 1 rings (SSSR count). The number of aliphatic hydroxyl groups is 1. The van der Waals surface area contributed by atoms with E-state index in [0.29, 0.717) is 11.6 Å². The van der Waals surface area contributed by atoms with Crippen molar-refractivity contribution in [2.75, 3.05) is 17.7 Å². The lowest BCUT2D eigenvalue weighted by Gasteiger charge is -2.12. The molecule has 2 nitrogen and oxygen atoms in total. The summed E-state index contributed by atoms with van der Waals surface area (Å²) in [5.41, 5.74) is 2.03. The van der Waals surface area contributed by atoms with Gasteiger partial charge in [-0.2, -0.15) is 0 Å². The van der Waals surface area contributed by atoms with Crippen LogP contribution in [0, 0.1) is 6.92 Å². The number of aliphatic hydroxyl groups excluding tert-OH is 1. The minimum absolute atomic E-state index is 0.229. The van der Waals surface area contributed by atoms with Gasteiger partial charge in [0.2, 0.25) is 0 Å². The molecule has 0 aliphatic heterocycles. The van der Waals surface area contributed by atoms with Crippen LogP contribution < -0.4 is 5.32 Å². The number of hydrogen-bond acceptors (Lipinski definition) is 2. The van der Waals surface area contributed by atoms with E-state index in [0.717, 1.165) is 11.3 Å². The van der Waals surface area contributed by atoms with E-state index in [9.17, 15) is 5.11 Å². The van der Waals surface area contributed by atoms with Crippen molar-refractivity contribution in [2.45, 2.75) is 13.0 Å². The Kier molecular flexibility index (Phi) is 4.52. The highest BCUT2D eigenvalue weighted by molar-refractivity contribution is 6.30. The first-order chi connectivity index (χ1) is 6.63. The molecule has 0 amide bonds. The summed E-state index contributed by atoms with van der Waals surface area (Å²) in [4.78, 5) is 0. The van der Waals surface area contributed by atoms with Crippen molar-refractivity contribution < 1.29 is 5.11 Å². The summed E-state index contributed by atoms with van der Waals surface area (Å²) in [6.07, 6.45) is -0.532. The molecule has 14 heavy (non-hydrogen) atoms. The number of nitrogens with one attached hydrogen (secondary N) is 1. The van der Waals surface area contributed by atoms with Gasteiger partial charge in [0.05, 0.1) is 12.0 Å². The molecule has 78 valence electrons. The zero-order valence-electron chi connectivity index (χ0n) is 7.93. The van der Waals surface area contributed by atoms with Crippen LogP contribution in [0.3, 0.4) is 0 Å². The number of alkyl halides is 1. The fourth-order valence-corrected chi connectivity index (χ4v) is 1.35. The van der Waals surface area contributed by atoms with Gasteiger partial charge in [-0.25, -0.2) is 0 Å². The molecule has 4 heteroatoms. The summed E-state index contributed by atoms with van der Waals surface area (Å²) >= 11 is 11.3. The van der Waals surface area contributed by atoms with Gasteiger partial charge in [-0.15, -0.1) is 11.6 Å². The summed E-state index contributed by atoms with van der Waals surface area (Å²) < 4.78 is 0. The number of halogens is 2. The van der Waals surface area contributed by atoms with Crippen molar-refractivity contribution in [1.82, 2.24) is 0 Å². The Bertz CT molecular complexity index is 304. The minimum atomic E-state index is -0.532. The highest BCUT2D eigenvalue weighted by Crippen LogP contribution is 2.19. The smallest absolute Gasteiger partial charge is 0.0847 e. The average molecular weight is 234 g/mol. The van der Waals surface area contributed by atoms with Gasteiger partial charge in [0.15, 0.2) is 0 Å². The molecule has 0 spiro atoms. The monoisotopic (exact) mass is 233 g/mol. The summed E-state index contributed by atoms with van der Waals surface area (Å²) in [5.74, 6) is 0.229. The van der Waals surface area contributed by atoms with Gasteiger partial charge < -0.3 is 10.4 Å². The molecule has 0 saturated heterocycles. The Morgan fingerprint density at radius 3 is 2.86 bits per heavy atom. The van der Waals surface area contributed by atoms with E-state index >= 15 is 0 Å². The lowest BCUT2D eigenvalue weighted by Crippen LogP contribution is -2.21. The number of benzene rings is 1. The molecular formula is C10H13Cl2NO. The molecule has 1 aromatic carbocycles. The van der Waals surface area contributed by atoms with E-state index in [1.807, 2.05) is 25.1 Å². The van der Waals surface area contributed by atoms with Crippen molar-refractivity contribution in [3.8, 4) is 0 Å². The third-order valence-corrected chi connectivity index (χ3v) is 2.50. The van der Waals surface area contributed by atoms with Gasteiger partial charge in [-0.05, 0) is 24.6 Å². The number of rotatable bonds is 4. The van der Waals surface area contributed by atoms with E-state index in [-0.39, 0.29) is 5.88 Å². The van der Waals surface area contributed by atoms with Crippen LogP contribution in [-0.2, 0) is 0 Å². The molecule has 0 aromatic heterocycles. The van der Waals surface area contributed by atoms with Gasteiger partial charge in [0.1, 0.15) is 0 Å². The zero-order chi connectivity index (χ0) is 10.6. The molecule has 0 aliphatic rings. The van der Waals surface area contributed by atoms with Gasteiger partial charge in [0, 0.05) is 17.3 Å². The van der Waals surface area contributed by atoms with Crippen LogP contribution in [0.15, 0.2) is 18.2 Å². The summed E-state index contributed by atoms with van der Waals surface area (Å²) in [6, 6.07) is 5.59. The highest BCUT2D eigenvalue weighted by Gasteiger charge is 2.03. The normalized spacial score (nSPS) is 12.6. The van der Waals surface area contributed by atoms with Crippen molar-refractivity contribution in [2.24, 2.45) is 0 Å². The lowest BCUT2D eigenvalue weighted by molar-refractivity contribution is 0.211. The summed E-state index contributed by atoms with van der Waals surface area (Å²) in [7, 11) is 0. The van der Waals surface area contributed by atoms with Crippen LogP contribution in [0.2, 0.25) is 5.02 Å². The van der Waals surface area contributed by atoms with Gasteiger partial charge in [-0.3, -0.25) is 0 Å². The number of anilines is 1. The second kappa shape index (κ2) is 5.44. The Hall–Kier alpha value is -0.440. The van der Waals surface area contributed by atoms with E-state index in [2.05, 4.69) is 5.32 Å². The Labute approximate surface area is 93.8 Å². The molecule has 1 aromatic rings. The Morgan fingerprint density at radius 1 is 1.50 bits per heavy atom. The molecule has 0 aliphatic carbocycles. The van der Waals surface area contributed by atoms with E-state index < -0.39 is 6.10 Å². The highest BCUT2D eigenvalue weighted by atomic mass is 35.5. The quantitative estimate of drug-likeness (QED) is 0.785. The van der Waals surface area contributed by atoms with Crippen molar-refractivity contribution in [3.05, 3.63) is 28.8 Å². The van der Waals surface area contributed by atoms with Crippen molar-refractivity contribution in [1.29, 1.82) is 0 Å². The van der Waals surface area contributed by atoms with Crippen LogP contribution in [0.4, 0.5) is 5.69 Å². The second-order valence-electron chi connectivity index (χ2n) is 3.15. The third-order valence-electron chi connectivity index (χ3n) is 1.91. The fraction of sp³-hybridized carbons (Fsp3) is 0.400. The van der Waals surface area contributed by atoms with Crippen LogP contribution in [0.5, 0.6) is 0 Å². The molecule has 0 saturated carbocycles. The first-order valence-electron chi connectivity index (χ1n) is 4.37. The zero-order valence-corrected chi connectivity index (χ0v) is 9.44. The fourth-order valence-electron chi connectivity index (χ4n) is 1.07. The van der Waals surface area contributed by atoms with Crippen LogP contribution in [0.1, 0.15) is 5.56 Å². The van der Waals surface area contributed by atoms with Crippen LogP contribution in [-0.4, -0.2) is 23.6 Å². The number of aryl methyl sites for hydroxylation is 1. The molecule has 1 unspecified atom stereocenters. The molecule has 0 fully saturated rings. The minimum Gasteiger partial charge on any atom is -0.390 e. The van der Waals surface area contributed by atoms with Crippen LogP contribution >= 0.6 is 23.2 Å². The predicted molar refractivity (Wildman–Crippen MR) is 61.4 cm³/mol. The van der Waals surface area contributed by atoms with Crippen LogP contribution in [0.25, 0.3) is 0 Å². The Morgan fingerprint density at radius 2 is 2.21 bits per heavy atom. The lowest BCUT2D eigenvalue weighted by atomic mass is 10.2. The average Bonchev–Trinajstić information content (AvgIpc) is 2.19. The summed E-state index contributed by atoms with van der Waals surface area (Å²) in [6.45, 7) is 2.41. The topological polar surface area (TPSA) is 32.3 Å². The maximum absolute atomic E-state index is 9.25. The molecule has 0 heterocycles. The second-order valence-corrected chi connectivity index (χ2v) is 3.89. The van der Waals surface area contributed by atoms with Crippen molar-refractivity contribution >= 4 is 28.9 Å². The Balaban J connectivity index is 2.62. The molecule has 1 atom stereocenters. The molecular weight excluding hydrogens is 221 g/mol. The maximum atomic E-state index is 9.25.